The maximum atomic E-state index is 11.8. The SMILES string of the molecule is [B]C1OC2CO[Si](C)(C)O[Si](C)(C)OC2C1=O. The van der Waals surface area contributed by atoms with Crippen molar-refractivity contribution < 1.29 is 22.5 Å². The molecule has 2 rings (SSSR count). The lowest BCUT2D eigenvalue weighted by atomic mass is 9.95. The first-order valence-electron chi connectivity index (χ1n) is 5.67. The summed E-state index contributed by atoms with van der Waals surface area (Å²) in [5.41, 5.74) is 0. The first kappa shape index (κ1) is 13.4. The predicted octanol–water partition coefficient (Wildman–Crippen LogP) is 0.284. The summed E-state index contributed by atoms with van der Waals surface area (Å²) in [5, 5.41) is 0. The van der Waals surface area contributed by atoms with Crippen LogP contribution in [0.5, 0.6) is 0 Å². The van der Waals surface area contributed by atoms with E-state index in [0.717, 1.165) is 0 Å². The first-order chi connectivity index (χ1) is 7.70. The predicted molar refractivity (Wildman–Crippen MR) is 66.3 cm³/mol. The molecule has 0 N–H and O–H groups in total. The second kappa shape index (κ2) is 4.29. The molecule has 8 heteroatoms. The summed E-state index contributed by atoms with van der Waals surface area (Å²) >= 11 is 0. The zero-order chi connectivity index (χ0) is 12.8. The molecule has 2 radical (unpaired) electrons. The molecule has 0 bridgehead atoms. The Morgan fingerprint density at radius 1 is 1.24 bits per heavy atom. The molecule has 17 heavy (non-hydrogen) atoms. The van der Waals surface area contributed by atoms with Crippen LogP contribution in [-0.4, -0.2) is 55.6 Å². The van der Waals surface area contributed by atoms with Crippen LogP contribution in [-0.2, 0) is 22.5 Å². The van der Waals surface area contributed by atoms with Gasteiger partial charge in [-0.2, -0.15) is 0 Å². The highest BCUT2D eigenvalue weighted by molar-refractivity contribution is 6.78. The van der Waals surface area contributed by atoms with Crippen molar-refractivity contribution in [3.05, 3.63) is 0 Å². The average Bonchev–Trinajstić information content (AvgIpc) is 2.39. The van der Waals surface area contributed by atoms with E-state index < -0.39 is 35.3 Å². The Bertz CT molecular complexity index is 335. The minimum Gasteiger partial charge on any atom is -0.415 e. The number of ketones is 1. The Kier molecular flexibility index (Phi) is 3.39. The summed E-state index contributed by atoms with van der Waals surface area (Å²) in [6.45, 7) is 8.04. The van der Waals surface area contributed by atoms with Crippen molar-refractivity contribution in [3.8, 4) is 0 Å². The lowest BCUT2D eigenvalue weighted by Gasteiger charge is -2.38. The van der Waals surface area contributed by atoms with Crippen LogP contribution in [0.1, 0.15) is 0 Å². The fourth-order valence-electron chi connectivity index (χ4n) is 2.17. The minimum absolute atomic E-state index is 0.218. The van der Waals surface area contributed by atoms with Gasteiger partial charge < -0.3 is 17.7 Å². The van der Waals surface area contributed by atoms with Gasteiger partial charge in [-0.25, -0.2) is 0 Å². The van der Waals surface area contributed by atoms with Crippen LogP contribution in [0.2, 0.25) is 26.2 Å². The van der Waals surface area contributed by atoms with Crippen LogP contribution in [0, 0.1) is 0 Å². The number of hydrogen-bond acceptors (Lipinski definition) is 5. The van der Waals surface area contributed by atoms with E-state index in [4.69, 9.17) is 25.6 Å². The Balaban J connectivity index is 2.21. The third-order valence-electron chi connectivity index (χ3n) is 2.72. The maximum absolute atomic E-state index is 11.8. The van der Waals surface area contributed by atoms with Crippen molar-refractivity contribution >= 4 is 30.8 Å². The molecule has 5 nitrogen and oxygen atoms in total. The molecule has 0 aromatic heterocycles. The van der Waals surface area contributed by atoms with Gasteiger partial charge in [0.2, 0.25) is 0 Å². The van der Waals surface area contributed by atoms with Gasteiger partial charge in [0.05, 0.1) is 12.6 Å². The normalized spacial score (nSPS) is 40.5. The van der Waals surface area contributed by atoms with Gasteiger partial charge in [0.1, 0.15) is 20.1 Å². The molecule has 2 heterocycles. The molecule has 2 aliphatic rings. The van der Waals surface area contributed by atoms with Crippen LogP contribution in [0.25, 0.3) is 0 Å². The van der Waals surface area contributed by atoms with Gasteiger partial charge in [-0.15, -0.1) is 0 Å². The Morgan fingerprint density at radius 3 is 2.53 bits per heavy atom. The molecule has 94 valence electrons. The Hall–Kier alpha value is 0.00870. The molecule has 3 atom stereocenters. The quantitative estimate of drug-likeness (QED) is 0.593. The van der Waals surface area contributed by atoms with E-state index in [1.54, 1.807) is 0 Å². The van der Waals surface area contributed by atoms with Gasteiger partial charge in [-0.05, 0) is 26.2 Å². The van der Waals surface area contributed by atoms with Gasteiger partial charge in [-0.1, -0.05) is 0 Å². The van der Waals surface area contributed by atoms with E-state index in [9.17, 15) is 4.79 Å². The monoisotopic (exact) mass is 272 g/mol. The van der Waals surface area contributed by atoms with Crippen LogP contribution < -0.4 is 0 Å². The lowest BCUT2D eigenvalue weighted by Crippen LogP contribution is -2.56. The maximum Gasteiger partial charge on any atom is 0.323 e. The second-order valence-corrected chi connectivity index (χ2v) is 12.2. The standard InChI is InChI=1S/C9H17BO5Si2/c1-16(2)12-5-6-8(7(11)9(10)13-6)14-17(3,4)15-16/h6,8-9H,5H2,1-4H3. The molecule has 0 aromatic carbocycles. The van der Waals surface area contributed by atoms with Crippen LogP contribution >= 0.6 is 0 Å². The molecule has 2 aliphatic heterocycles. The number of hydrogen-bond donors (Lipinski definition) is 0. The Morgan fingerprint density at radius 2 is 1.88 bits per heavy atom. The van der Waals surface area contributed by atoms with E-state index in [1.807, 2.05) is 26.2 Å². The van der Waals surface area contributed by atoms with E-state index in [-0.39, 0.29) is 5.78 Å². The summed E-state index contributed by atoms with van der Waals surface area (Å²) in [7, 11) is 0.982. The molecule has 0 aliphatic carbocycles. The molecule has 0 spiro atoms. The fourth-order valence-corrected chi connectivity index (χ4v) is 8.78. The summed E-state index contributed by atoms with van der Waals surface area (Å²) < 4.78 is 22.9. The van der Waals surface area contributed by atoms with Crippen molar-refractivity contribution in [2.45, 2.75) is 44.4 Å². The Labute approximate surface area is 105 Å². The second-order valence-electron chi connectivity index (χ2n) is 5.25. The minimum atomic E-state index is -2.39. The first-order valence-corrected chi connectivity index (χ1v) is 11.3. The lowest BCUT2D eigenvalue weighted by molar-refractivity contribution is -0.124. The number of Topliss-reactive ketones (excluding diaryl/α,β-unsaturated/α-hetero) is 1. The summed E-state index contributed by atoms with van der Waals surface area (Å²) in [4.78, 5) is 11.8. The number of carbonyl (C=O) groups is 1. The molecule has 2 fully saturated rings. The van der Waals surface area contributed by atoms with Crippen LogP contribution in [0.4, 0.5) is 0 Å². The topological polar surface area (TPSA) is 54.0 Å². The van der Waals surface area contributed by atoms with Gasteiger partial charge in [-0.3, -0.25) is 4.79 Å². The van der Waals surface area contributed by atoms with Crippen LogP contribution in [0.15, 0.2) is 0 Å². The van der Waals surface area contributed by atoms with Gasteiger partial charge in [0.15, 0.2) is 5.78 Å². The van der Waals surface area contributed by atoms with Crippen molar-refractivity contribution in [3.63, 3.8) is 0 Å². The highest BCUT2D eigenvalue weighted by Crippen LogP contribution is 2.28. The van der Waals surface area contributed by atoms with E-state index >= 15 is 0 Å². The van der Waals surface area contributed by atoms with Crippen molar-refractivity contribution in [1.82, 2.24) is 0 Å². The third-order valence-corrected chi connectivity index (χ3v) is 8.33. The molecule has 0 saturated carbocycles. The van der Waals surface area contributed by atoms with Crippen molar-refractivity contribution in [2.75, 3.05) is 6.61 Å². The highest BCUT2D eigenvalue weighted by Gasteiger charge is 2.49. The molecule has 0 aromatic rings. The smallest absolute Gasteiger partial charge is 0.323 e. The third kappa shape index (κ3) is 2.88. The molecular weight excluding hydrogens is 255 g/mol. The van der Waals surface area contributed by atoms with E-state index in [2.05, 4.69) is 0 Å². The summed E-state index contributed by atoms with van der Waals surface area (Å²) in [6, 6.07) is -0.902. The molecule has 0 amide bonds. The average molecular weight is 272 g/mol. The van der Waals surface area contributed by atoms with Gasteiger partial charge in [0, 0.05) is 0 Å². The van der Waals surface area contributed by atoms with Gasteiger partial charge in [0.25, 0.3) is 0 Å². The molecule has 3 unspecified atom stereocenters. The largest absolute Gasteiger partial charge is 0.415 e. The number of fused-ring (bicyclic) bond motifs is 1. The molecular formula is C9H17BO5Si2. The summed E-state index contributed by atoms with van der Waals surface area (Å²) in [6.07, 6.45) is -1.04. The van der Waals surface area contributed by atoms with Crippen molar-refractivity contribution in [2.24, 2.45) is 0 Å². The van der Waals surface area contributed by atoms with E-state index in [0.29, 0.717) is 6.61 Å². The number of carbonyl (C=O) groups excluding carboxylic acids is 1. The van der Waals surface area contributed by atoms with Crippen molar-refractivity contribution in [1.29, 1.82) is 0 Å². The van der Waals surface area contributed by atoms with Crippen LogP contribution in [0.3, 0.4) is 0 Å². The zero-order valence-electron chi connectivity index (χ0n) is 10.6. The number of ether oxygens (including phenoxy) is 1. The molecule has 2 saturated heterocycles. The van der Waals surface area contributed by atoms with Gasteiger partial charge >= 0.3 is 17.1 Å². The fraction of sp³-hybridized carbons (Fsp3) is 0.889. The number of rotatable bonds is 0. The van der Waals surface area contributed by atoms with E-state index in [1.165, 1.54) is 0 Å². The summed E-state index contributed by atoms with van der Waals surface area (Å²) in [5.74, 6) is -0.218. The highest BCUT2D eigenvalue weighted by atomic mass is 28.5. The zero-order valence-corrected chi connectivity index (χ0v) is 12.6.